The van der Waals surface area contributed by atoms with Crippen molar-refractivity contribution in [3.63, 3.8) is 0 Å². The monoisotopic (exact) mass is 330 g/mol. The van der Waals surface area contributed by atoms with E-state index < -0.39 is 8.07 Å². The van der Waals surface area contributed by atoms with E-state index in [0.717, 1.165) is 0 Å². The molecule has 128 valence electrons. The molecule has 1 aliphatic carbocycles. The summed E-state index contributed by atoms with van der Waals surface area (Å²) in [5.74, 6) is 0.987. The molecule has 2 rings (SSSR count). The second-order valence-electron chi connectivity index (χ2n) is 8.61. The lowest BCUT2D eigenvalue weighted by molar-refractivity contribution is -0.117. The van der Waals surface area contributed by atoms with Crippen LogP contribution < -0.4 is 0 Å². The number of hydrogen-bond acceptors (Lipinski definition) is 1. The Morgan fingerprint density at radius 3 is 1.87 bits per heavy atom. The fourth-order valence-electron chi connectivity index (χ4n) is 5.64. The molecule has 2 heteroatoms. The SMILES string of the molecule is CC(C)c1cccc2c1CC(=O)C2[Si](C(C)C)(C(C)C)C(C)C. The molecule has 0 fully saturated rings. The van der Waals surface area contributed by atoms with Crippen molar-refractivity contribution in [1.29, 1.82) is 0 Å². The zero-order valence-electron chi connectivity index (χ0n) is 16.2. The summed E-state index contributed by atoms with van der Waals surface area (Å²) in [6.45, 7) is 18.7. The van der Waals surface area contributed by atoms with E-state index in [9.17, 15) is 4.79 Å². The number of hydrogen-bond donors (Lipinski definition) is 0. The van der Waals surface area contributed by atoms with E-state index in [4.69, 9.17) is 0 Å². The number of ketones is 1. The molecular weight excluding hydrogens is 296 g/mol. The topological polar surface area (TPSA) is 17.1 Å². The molecule has 0 amide bonds. The first-order valence-corrected chi connectivity index (χ1v) is 11.6. The summed E-state index contributed by atoms with van der Waals surface area (Å²) in [4.78, 5) is 13.2. The summed E-state index contributed by atoms with van der Waals surface area (Å²) < 4.78 is 0. The minimum Gasteiger partial charge on any atom is -0.299 e. The molecule has 0 heterocycles. The Labute approximate surface area is 143 Å². The highest BCUT2D eigenvalue weighted by Gasteiger charge is 2.54. The van der Waals surface area contributed by atoms with E-state index in [1.165, 1.54) is 16.7 Å². The van der Waals surface area contributed by atoms with Crippen LogP contribution in [0.25, 0.3) is 0 Å². The first-order valence-electron chi connectivity index (χ1n) is 9.29. The molecule has 23 heavy (non-hydrogen) atoms. The van der Waals surface area contributed by atoms with Gasteiger partial charge in [0.05, 0.1) is 8.07 Å². The minimum absolute atomic E-state index is 0.191. The predicted octanol–water partition coefficient (Wildman–Crippen LogP) is 6.24. The number of fused-ring (bicyclic) bond motifs is 1. The average Bonchev–Trinajstić information content (AvgIpc) is 2.75. The summed E-state index contributed by atoms with van der Waals surface area (Å²) in [5, 5.41) is 0. The molecule has 0 bridgehead atoms. The van der Waals surface area contributed by atoms with Crippen molar-refractivity contribution in [2.45, 2.75) is 89.9 Å². The van der Waals surface area contributed by atoms with Crippen LogP contribution in [0.2, 0.25) is 16.6 Å². The van der Waals surface area contributed by atoms with Crippen molar-refractivity contribution in [2.24, 2.45) is 0 Å². The first-order chi connectivity index (χ1) is 10.7. The van der Waals surface area contributed by atoms with Gasteiger partial charge in [-0.25, -0.2) is 0 Å². The van der Waals surface area contributed by atoms with Crippen molar-refractivity contribution in [2.75, 3.05) is 0 Å². The number of benzene rings is 1. The summed E-state index contributed by atoms with van der Waals surface area (Å²) in [5.41, 5.74) is 6.16. The fourth-order valence-corrected chi connectivity index (χ4v) is 13.1. The van der Waals surface area contributed by atoms with E-state index in [1.807, 2.05) is 0 Å². The van der Waals surface area contributed by atoms with Crippen LogP contribution in [0.15, 0.2) is 18.2 Å². The maximum absolute atomic E-state index is 13.2. The summed E-state index contributed by atoms with van der Waals surface area (Å²) >= 11 is 0. The number of rotatable bonds is 5. The Balaban J connectivity index is 2.70. The standard InChI is InChI=1S/C21H34OSi/c1-13(2)17-10-9-11-18-19(17)12-20(22)21(18)23(14(3)4,15(5)6)16(7)8/h9-11,13-16,21H,12H2,1-8H3. The summed E-state index contributed by atoms with van der Waals surface area (Å²) in [6, 6.07) is 6.66. The lowest BCUT2D eigenvalue weighted by atomic mass is 9.95. The van der Waals surface area contributed by atoms with Crippen LogP contribution in [0, 0.1) is 0 Å². The smallest absolute Gasteiger partial charge is 0.142 e. The highest BCUT2D eigenvalue weighted by molar-refractivity contribution is 6.87. The first kappa shape index (κ1) is 18.4. The van der Waals surface area contributed by atoms with Crippen molar-refractivity contribution < 1.29 is 4.79 Å². The number of carbonyl (C=O) groups excluding carboxylic acids is 1. The van der Waals surface area contributed by atoms with Crippen molar-refractivity contribution in [3.8, 4) is 0 Å². The van der Waals surface area contributed by atoms with Crippen LogP contribution >= 0.6 is 0 Å². The van der Waals surface area contributed by atoms with Gasteiger partial charge >= 0.3 is 0 Å². The summed E-state index contributed by atoms with van der Waals surface area (Å²) in [6.07, 6.45) is 0.662. The summed E-state index contributed by atoms with van der Waals surface area (Å²) in [7, 11) is -1.82. The zero-order chi connectivity index (χ0) is 17.5. The molecule has 0 radical (unpaired) electrons. The maximum Gasteiger partial charge on any atom is 0.142 e. The van der Waals surface area contributed by atoms with Gasteiger partial charge in [-0.2, -0.15) is 0 Å². The van der Waals surface area contributed by atoms with Gasteiger partial charge in [-0.05, 0) is 39.2 Å². The Kier molecular flexibility index (Phi) is 5.25. The lowest BCUT2D eigenvalue weighted by Gasteiger charge is -2.47. The van der Waals surface area contributed by atoms with Crippen LogP contribution in [0.1, 0.15) is 83.5 Å². The molecule has 1 nitrogen and oxygen atoms in total. The number of Topliss-reactive ketones (excluding diaryl/α,β-unsaturated/α-hetero) is 1. The Morgan fingerprint density at radius 1 is 0.913 bits per heavy atom. The Morgan fingerprint density at radius 2 is 1.43 bits per heavy atom. The molecular formula is C21H34OSi. The van der Waals surface area contributed by atoms with Crippen LogP contribution in [-0.2, 0) is 11.2 Å². The van der Waals surface area contributed by atoms with Gasteiger partial charge in [-0.3, -0.25) is 4.79 Å². The van der Waals surface area contributed by atoms with E-state index in [2.05, 4.69) is 73.6 Å². The van der Waals surface area contributed by atoms with E-state index in [-0.39, 0.29) is 5.54 Å². The largest absolute Gasteiger partial charge is 0.299 e. The molecule has 1 aromatic carbocycles. The van der Waals surface area contributed by atoms with E-state index >= 15 is 0 Å². The van der Waals surface area contributed by atoms with Crippen LogP contribution in [0.4, 0.5) is 0 Å². The van der Waals surface area contributed by atoms with Gasteiger partial charge in [0.2, 0.25) is 0 Å². The minimum atomic E-state index is -1.82. The molecule has 1 atom stereocenters. The molecule has 1 aromatic rings. The quantitative estimate of drug-likeness (QED) is 0.584. The molecule has 0 aromatic heterocycles. The molecule has 0 spiro atoms. The van der Waals surface area contributed by atoms with Gasteiger partial charge in [0.1, 0.15) is 5.78 Å². The molecule has 0 N–H and O–H groups in total. The average molecular weight is 331 g/mol. The zero-order valence-corrected chi connectivity index (χ0v) is 17.2. The van der Waals surface area contributed by atoms with Gasteiger partial charge in [-0.15, -0.1) is 0 Å². The normalized spacial score (nSPS) is 18.6. The Bertz CT molecular complexity index is 562. The number of carbonyl (C=O) groups is 1. The highest BCUT2D eigenvalue weighted by atomic mass is 28.3. The van der Waals surface area contributed by atoms with E-state index in [0.29, 0.717) is 34.7 Å². The van der Waals surface area contributed by atoms with Gasteiger partial charge in [0.15, 0.2) is 0 Å². The molecule has 0 saturated carbocycles. The third kappa shape index (κ3) is 2.73. The second kappa shape index (κ2) is 6.55. The van der Waals surface area contributed by atoms with Gasteiger partial charge in [0, 0.05) is 12.0 Å². The van der Waals surface area contributed by atoms with E-state index in [1.54, 1.807) is 0 Å². The molecule has 1 unspecified atom stereocenters. The van der Waals surface area contributed by atoms with Crippen LogP contribution in [0.5, 0.6) is 0 Å². The van der Waals surface area contributed by atoms with Gasteiger partial charge in [-0.1, -0.05) is 73.6 Å². The third-order valence-corrected chi connectivity index (χ3v) is 14.0. The fraction of sp³-hybridized carbons (Fsp3) is 0.667. The lowest BCUT2D eigenvalue weighted by Crippen LogP contribution is -2.52. The van der Waals surface area contributed by atoms with Crippen molar-refractivity contribution >= 4 is 13.9 Å². The molecule has 0 saturated heterocycles. The molecule has 0 aliphatic heterocycles. The predicted molar refractivity (Wildman–Crippen MR) is 103 cm³/mol. The third-order valence-electron chi connectivity index (χ3n) is 6.35. The van der Waals surface area contributed by atoms with Crippen LogP contribution in [0.3, 0.4) is 0 Å². The van der Waals surface area contributed by atoms with Crippen LogP contribution in [-0.4, -0.2) is 13.9 Å². The van der Waals surface area contributed by atoms with Gasteiger partial charge in [0.25, 0.3) is 0 Å². The van der Waals surface area contributed by atoms with Crippen molar-refractivity contribution in [1.82, 2.24) is 0 Å². The molecule has 1 aliphatic rings. The maximum atomic E-state index is 13.2. The van der Waals surface area contributed by atoms with Gasteiger partial charge < -0.3 is 0 Å². The highest BCUT2D eigenvalue weighted by Crippen LogP contribution is 2.54. The second-order valence-corrected chi connectivity index (χ2v) is 14.7. The van der Waals surface area contributed by atoms with Crippen molar-refractivity contribution in [3.05, 3.63) is 34.9 Å². The Hall–Kier alpha value is -0.893.